The largest absolute Gasteiger partial charge is 0.388 e. The van der Waals surface area contributed by atoms with Crippen LogP contribution in [0.4, 0.5) is 11.6 Å². The van der Waals surface area contributed by atoms with Crippen LogP contribution in [0.15, 0.2) is 30.5 Å². The molecule has 0 bridgehead atoms. The lowest BCUT2D eigenvalue weighted by molar-refractivity contribution is 0.495. The van der Waals surface area contributed by atoms with Gasteiger partial charge in [0, 0.05) is 49.5 Å². The molecule has 5 nitrogen and oxygen atoms in total. The Morgan fingerprint density at radius 2 is 1.79 bits per heavy atom. The molecule has 2 aliphatic rings. The summed E-state index contributed by atoms with van der Waals surface area (Å²) in [5.41, 5.74) is 10.1. The number of aromatic nitrogens is 2. The van der Waals surface area contributed by atoms with E-state index in [0.717, 1.165) is 54.4 Å². The third-order valence-corrected chi connectivity index (χ3v) is 5.81. The van der Waals surface area contributed by atoms with Gasteiger partial charge in [-0.1, -0.05) is 36.8 Å². The van der Waals surface area contributed by atoms with E-state index in [1.165, 1.54) is 25.7 Å². The SMILES string of the molecule is CNc1ccc(-c2nc(N3CCC(N)CC3)ncc2C#CC2CCCC2)cc1. The summed E-state index contributed by atoms with van der Waals surface area (Å²) in [6.07, 6.45) is 8.89. The average molecular weight is 376 g/mol. The molecule has 28 heavy (non-hydrogen) atoms. The summed E-state index contributed by atoms with van der Waals surface area (Å²) in [6.45, 7) is 1.82. The zero-order chi connectivity index (χ0) is 19.3. The van der Waals surface area contributed by atoms with E-state index in [9.17, 15) is 0 Å². The van der Waals surface area contributed by atoms with Gasteiger partial charge in [-0.2, -0.15) is 0 Å². The van der Waals surface area contributed by atoms with Crippen LogP contribution in [0.25, 0.3) is 11.3 Å². The van der Waals surface area contributed by atoms with Crippen molar-refractivity contribution in [3.05, 3.63) is 36.0 Å². The van der Waals surface area contributed by atoms with Gasteiger partial charge in [0.1, 0.15) is 0 Å². The standard InChI is InChI=1S/C23H29N5/c1-25-21-10-8-18(9-11-21)22-19(7-6-17-4-2-3-5-17)16-26-23(27-22)28-14-12-20(24)13-15-28/h8-11,16-17,20,25H,2-5,12-15,24H2,1H3. The number of nitrogens with one attached hydrogen (secondary N) is 1. The summed E-state index contributed by atoms with van der Waals surface area (Å²) in [4.78, 5) is 11.8. The fraction of sp³-hybridized carbons (Fsp3) is 0.478. The maximum Gasteiger partial charge on any atom is 0.225 e. The first kappa shape index (κ1) is 18.8. The highest BCUT2D eigenvalue weighted by atomic mass is 15.3. The van der Waals surface area contributed by atoms with Crippen molar-refractivity contribution in [2.45, 2.75) is 44.6 Å². The molecule has 1 saturated carbocycles. The number of rotatable bonds is 3. The Hall–Kier alpha value is -2.58. The van der Waals surface area contributed by atoms with Crippen LogP contribution in [0.2, 0.25) is 0 Å². The second-order valence-corrected chi connectivity index (χ2v) is 7.83. The summed E-state index contributed by atoms with van der Waals surface area (Å²) >= 11 is 0. The maximum absolute atomic E-state index is 6.06. The lowest BCUT2D eigenvalue weighted by atomic mass is 10.0. The molecule has 1 aromatic heterocycles. The highest BCUT2D eigenvalue weighted by molar-refractivity contribution is 5.70. The molecule has 2 heterocycles. The molecular formula is C23H29N5. The van der Waals surface area contributed by atoms with Crippen LogP contribution in [0, 0.1) is 17.8 Å². The Morgan fingerprint density at radius 3 is 2.46 bits per heavy atom. The number of nitrogens with two attached hydrogens (primary N) is 1. The number of piperidine rings is 1. The first-order chi connectivity index (χ1) is 13.7. The van der Waals surface area contributed by atoms with Crippen LogP contribution in [0.3, 0.4) is 0 Å². The lowest BCUT2D eigenvalue weighted by Gasteiger charge is -2.30. The zero-order valence-corrected chi connectivity index (χ0v) is 16.6. The Balaban J connectivity index is 1.68. The smallest absolute Gasteiger partial charge is 0.225 e. The van der Waals surface area contributed by atoms with E-state index >= 15 is 0 Å². The predicted octanol–water partition coefficient (Wildman–Crippen LogP) is 3.65. The third kappa shape index (κ3) is 4.28. The summed E-state index contributed by atoms with van der Waals surface area (Å²) in [7, 11) is 1.93. The molecule has 5 heteroatoms. The Bertz CT molecular complexity index is 851. The van der Waals surface area contributed by atoms with Gasteiger partial charge in [0.05, 0.1) is 11.3 Å². The van der Waals surface area contributed by atoms with E-state index in [1.807, 2.05) is 13.2 Å². The normalized spacial score (nSPS) is 18.0. The number of nitrogens with zero attached hydrogens (tertiary/aromatic N) is 3. The van der Waals surface area contributed by atoms with Gasteiger partial charge >= 0.3 is 0 Å². The van der Waals surface area contributed by atoms with Crippen molar-refractivity contribution >= 4 is 11.6 Å². The quantitative estimate of drug-likeness (QED) is 0.802. The summed E-state index contributed by atoms with van der Waals surface area (Å²) < 4.78 is 0. The van der Waals surface area contributed by atoms with Gasteiger partial charge in [0.25, 0.3) is 0 Å². The van der Waals surface area contributed by atoms with Crippen molar-refractivity contribution in [1.82, 2.24) is 9.97 Å². The molecule has 1 aromatic carbocycles. The van der Waals surface area contributed by atoms with Crippen LogP contribution >= 0.6 is 0 Å². The van der Waals surface area contributed by atoms with E-state index < -0.39 is 0 Å². The van der Waals surface area contributed by atoms with Gasteiger partial charge in [0.15, 0.2) is 0 Å². The van der Waals surface area contributed by atoms with Gasteiger partial charge in [-0.3, -0.25) is 0 Å². The first-order valence-electron chi connectivity index (χ1n) is 10.4. The average Bonchev–Trinajstić information content (AvgIpc) is 3.26. The second-order valence-electron chi connectivity index (χ2n) is 7.83. The van der Waals surface area contributed by atoms with Gasteiger partial charge in [-0.05, 0) is 37.8 Å². The fourth-order valence-electron chi connectivity index (χ4n) is 3.98. The number of benzene rings is 1. The van der Waals surface area contributed by atoms with E-state index in [2.05, 4.69) is 51.3 Å². The molecule has 2 aromatic rings. The Morgan fingerprint density at radius 1 is 1.07 bits per heavy atom. The molecule has 0 atom stereocenters. The Kier molecular flexibility index (Phi) is 5.78. The van der Waals surface area contributed by atoms with E-state index in [4.69, 9.17) is 10.7 Å². The molecule has 0 amide bonds. The summed E-state index contributed by atoms with van der Waals surface area (Å²) in [5, 5.41) is 3.17. The monoisotopic (exact) mass is 375 g/mol. The van der Waals surface area contributed by atoms with Crippen LogP contribution < -0.4 is 16.0 Å². The van der Waals surface area contributed by atoms with Crippen molar-refractivity contribution in [2.24, 2.45) is 11.7 Å². The number of hydrogen-bond donors (Lipinski definition) is 2. The van der Waals surface area contributed by atoms with Crippen molar-refractivity contribution in [2.75, 3.05) is 30.4 Å². The summed E-state index contributed by atoms with van der Waals surface area (Å²) in [5.74, 6) is 8.15. The van der Waals surface area contributed by atoms with Gasteiger partial charge in [0.2, 0.25) is 5.95 Å². The van der Waals surface area contributed by atoms with Gasteiger partial charge in [-0.25, -0.2) is 9.97 Å². The van der Waals surface area contributed by atoms with Crippen molar-refractivity contribution in [3.8, 4) is 23.1 Å². The number of anilines is 2. The second kappa shape index (κ2) is 8.62. The zero-order valence-electron chi connectivity index (χ0n) is 16.6. The first-order valence-corrected chi connectivity index (χ1v) is 10.4. The molecule has 3 N–H and O–H groups in total. The van der Waals surface area contributed by atoms with Gasteiger partial charge in [-0.15, -0.1) is 0 Å². The van der Waals surface area contributed by atoms with Crippen LogP contribution in [-0.2, 0) is 0 Å². The van der Waals surface area contributed by atoms with Crippen molar-refractivity contribution in [1.29, 1.82) is 0 Å². The lowest BCUT2D eigenvalue weighted by Crippen LogP contribution is -2.40. The molecule has 4 rings (SSSR count). The topological polar surface area (TPSA) is 67.1 Å². The van der Waals surface area contributed by atoms with Crippen molar-refractivity contribution in [3.63, 3.8) is 0 Å². The Labute approximate surface area is 167 Å². The molecular weight excluding hydrogens is 346 g/mol. The minimum absolute atomic E-state index is 0.293. The van der Waals surface area contributed by atoms with Crippen LogP contribution in [-0.4, -0.2) is 36.1 Å². The predicted molar refractivity (Wildman–Crippen MR) is 115 cm³/mol. The van der Waals surface area contributed by atoms with Gasteiger partial charge < -0.3 is 16.0 Å². The molecule has 1 aliphatic heterocycles. The molecule has 1 aliphatic carbocycles. The fourth-order valence-corrected chi connectivity index (χ4v) is 3.98. The van der Waals surface area contributed by atoms with Crippen LogP contribution in [0.1, 0.15) is 44.1 Å². The minimum Gasteiger partial charge on any atom is -0.388 e. The van der Waals surface area contributed by atoms with E-state index in [1.54, 1.807) is 0 Å². The summed E-state index contributed by atoms with van der Waals surface area (Å²) in [6, 6.07) is 8.65. The molecule has 146 valence electrons. The van der Waals surface area contributed by atoms with E-state index in [-0.39, 0.29) is 0 Å². The third-order valence-electron chi connectivity index (χ3n) is 5.81. The van der Waals surface area contributed by atoms with Crippen molar-refractivity contribution < 1.29 is 0 Å². The maximum atomic E-state index is 6.06. The molecule has 0 spiro atoms. The molecule has 1 saturated heterocycles. The van der Waals surface area contributed by atoms with E-state index in [0.29, 0.717) is 12.0 Å². The molecule has 0 radical (unpaired) electrons. The van der Waals surface area contributed by atoms with Crippen LogP contribution in [0.5, 0.6) is 0 Å². The number of hydrogen-bond acceptors (Lipinski definition) is 5. The highest BCUT2D eigenvalue weighted by Gasteiger charge is 2.20. The molecule has 0 unspecified atom stereocenters. The minimum atomic E-state index is 0.293. The highest BCUT2D eigenvalue weighted by Crippen LogP contribution is 2.27. The molecule has 2 fully saturated rings.